The van der Waals surface area contributed by atoms with E-state index in [1.165, 1.54) is 0 Å². The minimum Gasteiger partial charge on any atom is -0.487 e. The van der Waals surface area contributed by atoms with Crippen molar-refractivity contribution in [2.75, 3.05) is 0 Å². The molecule has 0 amide bonds. The zero-order valence-corrected chi connectivity index (χ0v) is 10.3. The summed E-state index contributed by atoms with van der Waals surface area (Å²) in [5.74, 6) is 1.12. The summed E-state index contributed by atoms with van der Waals surface area (Å²) in [6.45, 7) is 3.90. The number of para-hydroxylation sites is 2. The number of benzene rings is 1. The third-order valence-electron chi connectivity index (χ3n) is 2.86. The lowest BCUT2D eigenvalue weighted by Crippen LogP contribution is -2.26. The molecule has 1 fully saturated rings. The third kappa shape index (κ3) is 2.99. The van der Waals surface area contributed by atoms with Gasteiger partial charge in [0.1, 0.15) is 0 Å². The fraction of sp³-hybridized carbons (Fsp3) is 0.500. The van der Waals surface area contributed by atoms with E-state index in [1.54, 1.807) is 6.07 Å². The predicted octanol–water partition coefficient (Wildman–Crippen LogP) is 3.18. The van der Waals surface area contributed by atoms with Gasteiger partial charge in [-0.25, -0.2) is 0 Å². The molecule has 0 radical (unpaired) electrons. The van der Waals surface area contributed by atoms with Crippen LogP contribution in [0.1, 0.15) is 33.1 Å². The number of hydrogen-bond donors (Lipinski definition) is 0. The number of carbonyl (C=O) groups excluding carboxylic acids is 1. The van der Waals surface area contributed by atoms with Crippen LogP contribution < -0.4 is 9.47 Å². The molecule has 0 aromatic heterocycles. The molecule has 0 aliphatic heterocycles. The molecule has 17 heavy (non-hydrogen) atoms. The van der Waals surface area contributed by atoms with Crippen LogP contribution in [0.5, 0.6) is 11.5 Å². The van der Waals surface area contributed by atoms with Crippen molar-refractivity contribution < 1.29 is 14.3 Å². The van der Waals surface area contributed by atoms with Crippen molar-refractivity contribution in [2.24, 2.45) is 5.92 Å². The quantitative estimate of drug-likeness (QED) is 0.593. The maximum atomic E-state index is 11.8. The van der Waals surface area contributed by atoms with Crippen LogP contribution in [0.3, 0.4) is 0 Å². The summed E-state index contributed by atoms with van der Waals surface area (Å²) < 4.78 is 11.0. The Kier molecular flexibility index (Phi) is 3.67. The highest BCUT2D eigenvalue weighted by Crippen LogP contribution is 2.32. The first-order valence-electron chi connectivity index (χ1n) is 6.14. The van der Waals surface area contributed by atoms with Crippen molar-refractivity contribution in [1.29, 1.82) is 0 Å². The highest BCUT2D eigenvalue weighted by molar-refractivity contribution is 5.76. The number of esters is 1. The Morgan fingerprint density at radius 3 is 2.41 bits per heavy atom. The first-order valence-corrected chi connectivity index (χ1v) is 6.14. The van der Waals surface area contributed by atoms with E-state index in [-0.39, 0.29) is 18.0 Å². The number of hydrogen-bond acceptors (Lipinski definition) is 3. The molecule has 0 unspecified atom stereocenters. The molecule has 0 heterocycles. The Bertz CT molecular complexity index is 394. The van der Waals surface area contributed by atoms with Gasteiger partial charge in [-0.05, 0) is 38.8 Å². The van der Waals surface area contributed by atoms with Gasteiger partial charge in [-0.3, -0.25) is 4.79 Å². The zero-order valence-electron chi connectivity index (χ0n) is 10.3. The van der Waals surface area contributed by atoms with E-state index in [4.69, 9.17) is 9.47 Å². The van der Waals surface area contributed by atoms with E-state index in [1.807, 2.05) is 32.0 Å². The maximum absolute atomic E-state index is 11.8. The molecule has 1 aliphatic rings. The number of rotatable bonds is 4. The van der Waals surface area contributed by atoms with Crippen LogP contribution in [0.25, 0.3) is 0 Å². The molecule has 0 bridgehead atoms. The van der Waals surface area contributed by atoms with Crippen LogP contribution in [-0.4, -0.2) is 12.1 Å². The van der Waals surface area contributed by atoms with Crippen molar-refractivity contribution >= 4 is 5.97 Å². The Morgan fingerprint density at radius 1 is 1.24 bits per heavy atom. The second-order valence-electron chi connectivity index (χ2n) is 4.66. The fourth-order valence-corrected chi connectivity index (χ4v) is 1.72. The summed E-state index contributed by atoms with van der Waals surface area (Å²) in [7, 11) is 0. The van der Waals surface area contributed by atoms with Gasteiger partial charge in [0.15, 0.2) is 11.5 Å². The Hall–Kier alpha value is -1.51. The van der Waals surface area contributed by atoms with Crippen LogP contribution in [0, 0.1) is 5.92 Å². The summed E-state index contributed by atoms with van der Waals surface area (Å²) in [4.78, 5) is 11.8. The smallest absolute Gasteiger partial charge is 0.314 e. The van der Waals surface area contributed by atoms with Crippen molar-refractivity contribution in [1.82, 2.24) is 0 Å². The molecule has 0 saturated heterocycles. The van der Waals surface area contributed by atoms with E-state index in [0.717, 1.165) is 19.3 Å². The van der Waals surface area contributed by atoms with Crippen LogP contribution in [0.2, 0.25) is 0 Å². The van der Waals surface area contributed by atoms with E-state index in [9.17, 15) is 4.79 Å². The van der Waals surface area contributed by atoms with E-state index >= 15 is 0 Å². The van der Waals surface area contributed by atoms with Gasteiger partial charge in [0.25, 0.3) is 0 Å². The molecule has 1 saturated carbocycles. The Labute approximate surface area is 102 Å². The highest BCUT2D eigenvalue weighted by atomic mass is 16.6. The predicted molar refractivity (Wildman–Crippen MR) is 65.2 cm³/mol. The number of carbonyl (C=O) groups is 1. The molecule has 0 atom stereocenters. The highest BCUT2D eigenvalue weighted by Gasteiger charge is 2.27. The molecule has 3 nitrogen and oxygen atoms in total. The molecule has 3 heteroatoms. The van der Waals surface area contributed by atoms with Crippen molar-refractivity contribution in [3.63, 3.8) is 0 Å². The summed E-state index contributed by atoms with van der Waals surface area (Å²) in [6.07, 6.45) is 3.10. The molecule has 0 spiro atoms. The maximum Gasteiger partial charge on any atom is 0.314 e. The van der Waals surface area contributed by atoms with Crippen LogP contribution >= 0.6 is 0 Å². The summed E-state index contributed by atoms with van der Waals surface area (Å²) in [6, 6.07) is 7.31. The van der Waals surface area contributed by atoms with Gasteiger partial charge in [-0.15, -0.1) is 0 Å². The Balaban J connectivity index is 2.05. The summed E-state index contributed by atoms with van der Waals surface area (Å²) in [5, 5.41) is 0. The van der Waals surface area contributed by atoms with Gasteiger partial charge in [0.05, 0.1) is 12.0 Å². The average molecular weight is 234 g/mol. The zero-order chi connectivity index (χ0) is 12.3. The largest absolute Gasteiger partial charge is 0.487 e. The second-order valence-corrected chi connectivity index (χ2v) is 4.66. The van der Waals surface area contributed by atoms with Crippen LogP contribution in [-0.2, 0) is 4.79 Å². The van der Waals surface area contributed by atoms with Crippen molar-refractivity contribution in [2.45, 2.75) is 39.2 Å². The van der Waals surface area contributed by atoms with Gasteiger partial charge in [0, 0.05) is 0 Å². The van der Waals surface area contributed by atoms with Crippen molar-refractivity contribution in [3.8, 4) is 11.5 Å². The van der Waals surface area contributed by atoms with E-state index < -0.39 is 0 Å². The minimum atomic E-state index is -0.129. The van der Waals surface area contributed by atoms with E-state index in [2.05, 4.69) is 0 Å². The monoisotopic (exact) mass is 234 g/mol. The average Bonchev–Trinajstić information content (AvgIpc) is 2.17. The lowest BCUT2D eigenvalue weighted by molar-refractivity contribution is -0.141. The van der Waals surface area contributed by atoms with Crippen molar-refractivity contribution in [3.05, 3.63) is 24.3 Å². The van der Waals surface area contributed by atoms with Gasteiger partial charge in [0.2, 0.25) is 0 Å². The summed E-state index contributed by atoms with van der Waals surface area (Å²) in [5.41, 5.74) is 0. The summed E-state index contributed by atoms with van der Waals surface area (Å²) >= 11 is 0. The minimum absolute atomic E-state index is 0.0681. The molecule has 1 aromatic rings. The first kappa shape index (κ1) is 12.0. The fourth-order valence-electron chi connectivity index (χ4n) is 1.72. The van der Waals surface area contributed by atoms with Crippen LogP contribution in [0.15, 0.2) is 24.3 Å². The van der Waals surface area contributed by atoms with Gasteiger partial charge < -0.3 is 9.47 Å². The molecule has 2 rings (SSSR count). The molecule has 1 aromatic carbocycles. The molecular formula is C14H18O3. The second kappa shape index (κ2) is 5.21. The lowest BCUT2D eigenvalue weighted by Gasteiger charge is -2.23. The van der Waals surface area contributed by atoms with Gasteiger partial charge in [-0.1, -0.05) is 18.6 Å². The normalized spacial score (nSPS) is 15.5. The third-order valence-corrected chi connectivity index (χ3v) is 2.86. The van der Waals surface area contributed by atoms with Gasteiger partial charge >= 0.3 is 5.97 Å². The topological polar surface area (TPSA) is 35.5 Å². The van der Waals surface area contributed by atoms with Gasteiger partial charge in [-0.2, -0.15) is 0 Å². The SMILES string of the molecule is CC(C)Oc1ccccc1OC(=O)C1CCC1. The van der Waals surface area contributed by atoms with E-state index in [0.29, 0.717) is 11.5 Å². The van der Waals surface area contributed by atoms with Crippen LogP contribution in [0.4, 0.5) is 0 Å². The molecule has 92 valence electrons. The number of ether oxygens (including phenoxy) is 2. The lowest BCUT2D eigenvalue weighted by atomic mass is 9.86. The first-order chi connectivity index (χ1) is 8.16. The molecule has 0 N–H and O–H groups in total. The Morgan fingerprint density at radius 2 is 1.88 bits per heavy atom. The molecular weight excluding hydrogens is 216 g/mol. The standard InChI is InChI=1S/C14H18O3/c1-10(2)16-12-8-3-4-9-13(12)17-14(15)11-6-5-7-11/h3-4,8-11H,5-7H2,1-2H3. The molecule has 1 aliphatic carbocycles.